The second-order valence-corrected chi connectivity index (χ2v) is 11.2. The number of carbonyl (C=O) groups is 2. The van der Waals surface area contributed by atoms with Crippen molar-refractivity contribution >= 4 is 12.1 Å². The zero-order chi connectivity index (χ0) is 28.4. The first kappa shape index (κ1) is 30.6. The number of hydrogen-bond acceptors (Lipinski definition) is 7. The molecule has 1 fully saturated rings. The van der Waals surface area contributed by atoms with E-state index in [0.717, 1.165) is 11.1 Å². The van der Waals surface area contributed by atoms with Crippen LogP contribution in [0.5, 0.6) is 0 Å². The van der Waals surface area contributed by atoms with E-state index in [2.05, 4.69) is 26.1 Å². The second kappa shape index (κ2) is 14.4. The predicted octanol–water partition coefficient (Wildman–Crippen LogP) is 5.49. The van der Waals surface area contributed by atoms with Crippen LogP contribution in [0.2, 0.25) is 0 Å². The summed E-state index contributed by atoms with van der Waals surface area (Å²) in [5.41, 5.74) is 1.22. The lowest BCUT2D eigenvalue weighted by atomic mass is 9.79. The zero-order valence-corrected chi connectivity index (χ0v) is 23.9. The molecule has 2 unspecified atom stereocenters. The summed E-state index contributed by atoms with van der Waals surface area (Å²) in [7, 11) is 0. The van der Waals surface area contributed by atoms with Crippen molar-refractivity contribution < 1.29 is 33.3 Å². The molecule has 1 N–H and O–H groups in total. The molecule has 39 heavy (non-hydrogen) atoms. The molecule has 2 aromatic rings. The van der Waals surface area contributed by atoms with Crippen molar-refractivity contribution in [1.82, 2.24) is 5.32 Å². The molecule has 8 nitrogen and oxygen atoms in total. The molecule has 0 radical (unpaired) electrons. The smallest absolute Gasteiger partial charge is 0.408 e. The fourth-order valence-corrected chi connectivity index (χ4v) is 4.37. The third-order valence-corrected chi connectivity index (χ3v) is 7.00. The molecule has 3 rings (SSSR count). The van der Waals surface area contributed by atoms with Crippen LogP contribution in [0.15, 0.2) is 60.7 Å². The molecule has 1 aliphatic rings. The third-order valence-electron chi connectivity index (χ3n) is 7.00. The number of carbonyl (C=O) groups excluding carboxylic acids is 2. The average molecular weight is 542 g/mol. The zero-order valence-electron chi connectivity index (χ0n) is 23.9. The van der Waals surface area contributed by atoms with E-state index in [1.54, 1.807) is 20.8 Å². The van der Waals surface area contributed by atoms with Crippen LogP contribution in [0.25, 0.3) is 0 Å². The Balaban J connectivity index is 1.61. The molecule has 0 saturated carbocycles. The Morgan fingerprint density at radius 2 is 1.46 bits per heavy atom. The van der Waals surface area contributed by atoms with Crippen molar-refractivity contribution in [3.8, 4) is 0 Å². The summed E-state index contributed by atoms with van der Waals surface area (Å²) in [5, 5.41) is 2.61. The highest BCUT2D eigenvalue weighted by Crippen LogP contribution is 2.35. The molecule has 0 bridgehead atoms. The predicted molar refractivity (Wildman–Crippen MR) is 148 cm³/mol. The van der Waals surface area contributed by atoms with Crippen molar-refractivity contribution in [2.24, 2.45) is 17.8 Å². The molecular weight excluding hydrogens is 498 g/mol. The standard InChI is InChI=1S/C31H43NO7/c1-21-22(2)27(20-35-17-24-13-9-7-10-14-24)38-29(23(21)3)37-19-26(32-30(34)39-31(4,5)6)28(33)36-18-25-15-11-8-12-16-25/h7-16,21-23,26-27,29H,17-20H2,1-6H3,(H,32,34)/t21-,22-,23?,26-,27?,29-/m0/s1. The largest absolute Gasteiger partial charge is 0.459 e. The average Bonchev–Trinajstić information content (AvgIpc) is 2.90. The summed E-state index contributed by atoms with van der Waals surface area (Å²) >= 11 is 0. The van der Waals surface area contributed by atoms with Crippen LogP contribution in [0.4, 0.5) is 4.79 Å². The lowest BCUT2D eigenvalue weighted by molar-refractivity contribution is -0.258. The quantitative estimate of drug-likeness (QED) is 0.376. The number of alkyl carbamates (subject to hydrolysis) is 1. The molecule has 6 atom stereocenters. The highest BCUT2D eigenvalue weighted by Gasteiger charge is 2.40. The Morgan fingerprint density at radius 1 is 0.872 bits per heavy atom. The molecule has 8 heteroatoms. The van der Waals surface area contributed by atoms with E-state index < -0.39 is 30.0 Å². The van der Waals surface area contributed by atoms with Gasteiger partial charge in [0.2, 0.25) is 0 Å². The Morgan fingerprint density at radius 3 is 2.05 bits per heavy atom. The van der Waals surface area contributed by atoms with E-state index in [-0.39, 0.29) is 37.1 Å². The summed E-state index contributed by atoms with van der Waals surface area (Å²) in [6.45, 7) is 12.5. The molecule has 214 valence electrons. The van der Waals surface area contributed by atoms with Gasteiger partial charge in [0.25, 0.3) is 0 Å². The normalized spacial score (nSPS) is 24.0. The first-order valence-electron chi connectivity index (χ1n) is 13.6. The highest BCUT2D eigenvalue weighted by atomic mass is 16.7. The van der Waals surface area contributed by atoms with Gasteiger partial charge in [0.15, 0.2) is 12.3 Å². The van der Waals surface area contributed by atoms with Gasteiger partial charge in [-0.05, 0) is 43.7 Å². The van der Waals surface area contributed by atoms with Crippen LogP contribution >= 0.6 is 0 Å². The first-order valence-corrected chi connectivity index (χ1v) is 13.6. The summed E-state index contributed by atoms with van der Waals surface area (Å²) < 4.78 is 29.3. The number of amides is 1. The van der Waals surface area contributed by atoms with Gasteiger partial charge >= 0.3 is 12.1 Å². The molecule has 2 aromatic carbocycles. The Hall–Kier alpha value is -2.94. The Kier molecular flexibility index (Phi) is 11.3. The van der Waals surface area contributed by atoms with E-state index in [0.29, 0.717) is 13.2 Å². The van der Waals surface area contributed by atoms with Gasteiger partial charge in [-0.2, -0.15) is 0 Å². The summed E-state index contributed by atoms with van der Waals surface area (Å²) in [6, 6.07) is 18.3. The number of nitrogens with one attached hydrogen (secondary N) is 1. The van der Waals surface area contributed by atoms with Gasteiger partial charge < -0.3 is 29.0 Å². The fraction of sp³-hybridized carbons (Fsp3) is 0.548. The number of rotatable bonds is 11. The van der Waals surface area contributed by atoms with E-state index in [1.807, 2.05) is 60.7 Å². The van der Waals surface area contributed by atoms with Gasteiger partial charge in [0.1, 0.15) is 12.2 Å². The fourth-order valence-electron chi connectivity index (χ4n) is 4.37. The molecule has 1 amide bonds. The lowest BCUT2D eigenvalue weighted by Crippen LogP contribution is -2.51. The van der Waals surface area contributed by atoms with Gasteiger partial charge in [-0.25, -0.2) is 9.59 Å². The van der Waals surface area contributed by atoms with Crippen LogP contribution in [-0.2, 0) is 41.7 Å². The summed E-state index contributed by atoms with van der Waals surface area (Å²) in [5.74, 6) is -0.0104. The van der Waals surface area contributed by atoms with Gasteiger partial charge in [-0.3, -0.25) is 0 Å². The van der Waals surface area contributed by atoms with Crippen molar-refractivity contribution in [3.05, 3.63) is 71.8 Å². The minimum Gasteiger partial charge on any atom is -0.459 e. The maximum absolute atomic E-state index is 13.0. The highest BCUT2D eigenvalue weighted by molar-refractivity contribution is 5.81. The summed E-state index contributed by atoms with van der Waals surface area (Å²) in [4.78, 5) is 25.5. The van der Waals surface area contributed by atoms with Crippen molar-refractivity contribution in [2.45, 2.75) is 78.8 Å². The van der Waals surface area contributed by atoms with E-state index in [4.69, 9.17) is 23.7 Å². The van der Waals surface area contributed by atoms with Gasteiger partial charge in [0.05, 0.1) is 25.9 Å². The minimum atomic E-state index is -1.07. The number of esters is 1. The molecule has 0 spiro atoms. The first-order chi connectivity index (χ1) is 18.5. The topological polar surface area (TPSA) is 92.3 Å². The van der Waals surface area contributed by atoms with Gasteiger partial charge in [-0.15, -0.1) is 0 Å². The molecule has 0 aliphatic carbocycles. The van der Waals surface area contributed by atoms with Crippen molar-refractivity contribution in [2.75, 3.05) is 13.2 Å². The number of benzene rings is 2. The van der Waals surface area contributed by atoms with E-state index in [1.165, 1.54) is 0 Å². The van der Waals surface area contributed by atoms with Crippen LogP contribution < -0.4 is 5.32 Å². The Labute approximate surface area is 232 Å². The number of hydrogen-bond donors (Lipinski definition) is 1. The third kappa shape index (κ3) is 9.95. The summed E-state index contributed by atoms with van der Waals surface area (Å²) in [6.07, 6.45) is -1.47. The van der Waals surface area contributed by atoms with E-state index >= 15 is 0 Å². The maximum atomic E-state index is 13.0. The SMILES string of the molecule is CC1[C@@H](OC[C@H](NC(=O)OC(C)(C)C)C(=O)OCc2ccccc2)OC(COCc2ccccc2)[C@@H](C)[C@@H]1C. The Bertz CT molecular complexity index is 1020. The minimum absolute atomic E-state index is 0.0629. The van der Waals surface area contributed by atoms with Gasteiger partial charge in [0, 0.05) is 5.92 Å². The van der Waals surface area contributed by atoms with Gasteiger partial charge in [-0.1, -0.05) is 81.4 Å². The number of ether oxygens (including phenoxy) is 5. The molecule has 1 aliphatic heterocycles. The van der Waals surface area contributed by atoms with Crippen LogP contribution in [-0.4, -0.2) is 49.3 Å². The van der Waals surface area contributed by atoms with Crippen LogP contribution in [0.3, 0.4) is 0 Å². The van der Waals surface area contributed by atoms with Crippen LogP contribution in [0.1, 0.15) is 52.7 Å². The van der Waals surface area contributed by atoms with Crippen molar-refractivity contribution in [3.63, 3.8) is 0 Å². The van der Waals surface area contributed by atoms with Crippen LogP contribution in [0, 0.1) is 17.8 Å². The molecule has 1 saturated heterocycles. The molecule has 0 aromatic heterocycles. The second-order valence-electron chi connectivity index (χ2n) is 11.2. The maximum Gasteiger partial charge on any atom is 0.408 e. The van der Waals surface area contributed by atoms with E-state index in [9.17, 15) is 9.59 Å². The lowest BCUT2D eigenvalue weighted by Gasteiger charge is -2.43. The van der Waals surface area contributed by atoms with Crippen molar-refractivity contribution in [1.29, 1.82) is 0 Å². The molecule has 1 heterocycles. The molecular formula is C31H43NO7. The monoisotopic (exact) mass is 541 g/mol.